The molecule has 0 atom stereocenters. The van der Waals surface area contributed by atoms with E-state index in [0.29, 0.717) is 0 Å². The molecule has 0 bridgehead atoms. The Morgan fingerprint density at radius 1 is 1.44 bits per heavy atom. The normalized spacial score (nSPS) is 7.11. The van der Waals surface area contributed by atoms with Crippen molar-refractivity contribution >= 4 is 30.5 Å². The molecule has 1 heterocycles. The van der Waals surface area contributed by atoms with Crippen molar-refractivity contribution in [1.82, 2.24) is 10.2 Å². The first-order valence-electron chi connectivity index (χ1n) is 1.82. The SMILES string of the molecule is Cl.Cl.Nc1c[nH][nH]c1=O. The number of nitrogens with two attached hydrogens (primary N) is 1. The van der Waals surface area contributed by atoms with Crippen LogP contribution in [0.1, 0.15) is 0 Å². The van der Waals surface area contributed by atoms with Crippen molar-refractivity contribution in [2.45, 2.75) is 0 Å². The summed E-state index contributed by atoms with van der Waals surface area (Å²) in [6.07, 6.45) is 1.41. The quantitative estimate of drug-likeness (QED) is 0.520. The van der Waals surface area contributed by atoms with Crippen LogP contribution in [0.15, 0.2) is 11.0 Å². The van der Waals surface area contributed by atoms with E-state index in [0.717, 1.165) is 0 Å². The zero-order chi connectivity index (χ0) is 5.28. The molecular weight excluding hydrogens is 165 g/mol. The molecule has 0 aliphatic heterocycles. The molecule has 0 aromatic carbocycles. The van der Waals surface area contributed by atoms with Crippen LogP contribution in [-0.4, -0.2) is 10.2 Å². The molecule has 4 nitrogen and oxygen atoms in total. The predicted molar refractivity (Wildman–Crippen MR) is 40.3 cm³/mol. The summed E-state index contributed by atoms with van der Waals surface area (Å²) >= 11 is 0. The molecule has 6 heteroatoms. The topological polar surface area (TPSA) is 74.7 Å². The maximum atomic E-state index is 10.2. The molecule has 1 aromatic heterocycles. The molecule has 0 aliphatic rings. The van der Waals surface area contributed by atoms with Gasteiger partial charge in [-0.05, 0) is 0 Å². The van der Waals surface area contributed by atoms with Gasteiger partial charge in [-0.25, -0.2) is 0 Å². The number of anilines is 1. The lowest BCUT2D eigenvalue weighted by Crippen LogP contribution is -2.03. The van der Waals surface area contributed by atoms with Crippen LogP contribution in [-0.2, 0) is 0 Å². The lowest BCUT2D eigenvalue weighted by atomic mass is 10.6. The van der Waals surface area contributed by atoms with Crippen molar-refractivity contribution in [2.75, 3.05) is 5.73 Å². The number of hydrogen-bond acceptors (Lipinski definition) is 2. The van der Waals surface area contributed by atoms with E-state index in [9.17, 15) is 4.79 Å². The van der Waals surface area contributed by atoms with E-state index in [-0.39, 0.29) is 36.1 Å². The van der Waals surface area contributed by atoms with Gasteiger partial charge in [0.05, 0.1) is 0 Å². The van der Waals surface area contributed by atoms with Gasteiger partial charge in [0, 0.05) is 6.20 Å². The highest BCUT2D eigenvalue weighted by Crippen LogP contribution is 1.79. The van der Waals surface area contributed by atoms with Crippen molar-refractivity contribution in [3.63, 3.8) is 0 Å². The highest BCUT2D eigenvalue weighted by molar-refractivity contribution is 5.85. The third-order valence-corrected chi connectivity index (χ3v) is 0.676. The third kappa shape index (κ3) is 2.43. The minimum atomic E-state index is -0.264. The Labute approximate surface area is 63.6 Å². The lowest BCUT2D eigenvalue weighted by Gasteiger charge is -1.66. The maximum absolute atomic E-state index is 10.2. The molecule has 0 spiro atoms. The first-order chi connectivity index (χ1) is 3.30. The van der Waals surface area contributed by atoms with Gasteiger partial charge in [-0.15, -0.1) is 24.8 Å². The van der Waals surface area contributed by atoms with Crippen molar-refractivity contribution in [1.29, 1.82) is 0 Å². The molecule has 0 radical (unpaired) electrons. The molecule has 9 heavy (non-hydrogen) atoms. The number of halogens is 2. The largest absolute Gasteiger partial charge is 0.393 e. The highest BCUT2D eigenvalue weighted by Gasteiger charge is 1.86. The van der Waals surface area contributed by atoms with Gasteiger partial charge in [0.25, 0.3) is 5.56 Å². The number of nitrogens with one attached hydrogen (secondary N) is 2. The van der Waals surface area contributed by atoms with E-state index in [1.807, 2.05) is 0 Å². The van der Waals surface area contributed by atoms with E-state index in [2.05, 4.69) is 10.2 Å². The zero-order valence-corrected chi connectivity index (χ0v) is 6.01. The second kappa shape index (κ2) is 4.29. The molecule has 0 fully saturated rings. The van der Waals surface area contributed by atoms with Crippen LogP contribution in [0.5, 0.6) is 0 Å². The minimum Gasteiger partial charge on any atom is -0.393 e. The highest BCUT2D eigenvalue weighted by atomic mass is 35.5. The van der Waals surface area contributed by atoms with Gasteiger partial charge in [-0.2, -0.15) is 0 Å². The second-order valence-corrected chi connectivity index (χ2v) is 1.20. The first kappa shape index (κ1) is 11.2. The van der Waals surface area contributed by atoms with Crippen molar-refractivity contribution in [3.05, 3.63) is 16.6 Å². The van der Waals surface area contributed by atoms with Gasteiger partial charge in [0.1, 0.15) is 5.69 Å². The van der Waals surface area contributed by atoms with Crippen molar-refractivity contribution < 1.29 is 0 Å². The van der Waals surface area contributed by atoms with Crippen LogP contribution in [0.25, 0.3) is 0 Å². The Hall–Kier alpha value is -0.610. The average Bonchev–Trinajstić information content (AvgIpc) is 1.91. The fraction of sp³-hybridized carbons (Fsp3) is 0. The third-order valence-electron chi connectivity index (χ3n) is 0.676. The van der Waals surface area contributed by atoms with E-state index in [1.165, 1.54) is 6.20 Å². The number of H-pyrrole nitrogens is 2. The summed E-state index contributed by atoms with van der Waals surface area (Å²) in [5, 5.41) is 4.70. The van der Waals surface area contributed by atoms with Gasteiger partial charge >= 0.3 is 0 Å². The Morgan fingerprint density at radius 3 is 2.11 bits per heavy atom. The minimum absolute atomic E-state index is 0. The molecule has 1 aromatic rings. The van der Waals surface area contributed by atoms with Crippen LogP contribution in [0.2, 0.25) is 0 Å². The zero-order valence-electron chi connectivity index (χ0n) is 4.38. The van der Waals surface area contributed by atoms with Crippen LogP contribution in [0, 0.1) is 0 Å². The van der Waals surface area contributed by atoms with E-state index in [4.69, 9.17) is 5.73 Å². The number of nitrogen functional groups attached to an aromatic ring is 1. The first-order valence-corrected chi connectivity index (χ1v) is 1.82. The Bertz CT molecular complexity index is 205. The summed E-state index contributed by atoms with van der Waals surface area (Å²) < 4.78 is 0. The molecule has 54 valence electrons. The summed E-state index contributed by atoms with van der Waals surface area (Å²) in [7, 11) is 0. The van der Waals surface area contributed by atoms with Crippen LogP contribution in [0.4, 0.5) is 5.69 Å². The van der Waals surface area contributed by atoms with E-state index >= 15 is 0 Å². The van der Waals surface area contributed by atoms with Gasteiger partial charge in [0.15, 0.2) is 0 Å². The summed E-state index contributed by atoms with van der Waals surface area (Å²) in [4.78, 5) is 10.2. The van der Waals surface area contributed by atoms with Gasteiger partial charge in [-0.3, -0.25) is 9.89 Å². The summed E-state index contributed by atoms with van der Waals surface area (Å²) in [5.74, 6) is 0. The van der Waals surface area contributed by atoms with E-state index in [1.54, 1.807) is 0 Å². The Kier molecular flexibility index (Phi) is 5.34. The molecule has 1 rings (SSSR count). The number of hydrogen-bond donors (Lipinski definition) is 3. The lowest BCUT2D eigenvalue weighted by molar-refractivity contribution is 1.06. The number of rotatable bonds is 0. The summed E-state index contributed by atoms with van der Waals surface area (Å²) in [5.41, 5.74) is 5.02. The van der Waals surface area contributed by atoms with Crippen LogP contribution < -0.4 is 11.3 Å². The molecule has 0 saturated heterocycles. The summed E-state index contributed by atoms with van der Waals surface area (Å²) in [6, 6.07) is 0. The number of aromatic nitrogens is 2. The van der Waals surface area contributed by atoms with Crippen molar-refractivity contribution in [2.24, 2.45) is 0 Å². The Balaban J connectivity index is 0. The standard InChI is InChI=1S/C3H5N3O.2ClH/c4-2-1-5-6-3(2)7;;/h1H,4H2,(H2,5,6,7);2*1H. The average molecular weight is 172 g/mol. The molecule has 4 N–H and O–H groups in total. The molecule has 0 amide bonds. The predicted octanol–water partition coefficient (Wildman–Crippen LogP) is 0.129. The smallest absolute Gasteiger partial charge is 0.287 e. The van der Waals surface area contributed by atoms with E-state index < -0.39 is 0 Å². The molecule has 0 unspecified atom stereocenters. The monoisotopic (exact) mass is 171 g/mol. The van der Waals surface area contributed by atoms with Crippen LogP contribution >= 0.6 is 24.8 Å². The molecule has 0 saturated carbocycles. The fourth-order valence-corrected chi connectivity index (χ4v) is 0.317. The van der Waals surface area contributed by atoms with Gasteiger partial charge in [-0.1, -0.05) is 0 Å². The van der Waals surface area contributed by atoms with Crippen LogP contribution in [0.3, 0.4) is 0 Å². The second-order valence-electron chi connectivity index (χ2n) is 1.20. The van der Waals surface area contributed by atoms with Gasteiger partial charge in [0.2, 0.25) is 0 Å². The van der Waals surface area contributed by atoms with Crippen molar-refractivity contribution in [3.8, 4) is 0 Å². The van der Waals surface area contributed by atoms with Gasteiger partial charge < -0.3 is 10.8 Å². The number of aromatic amines is 2. The summed E-state index contributed by atoms with van der Waals surface area (Å²) in [6.45, 7) is 0. The fourth-order valence-electron chi connectivity index (χ4n) is 0.317. The molecular formula is C3H7Cl2N3O. The Morgan fingerprint density at radius 2 is 2.00 bits per heavy atom. The molecule has 0 aliphatic carbocycles. The maximum Gasteiger partial charge on any atom is 0.287 e.